The summed E-state index contributed by atoms with van der Waals surface area (Å²) in [6.45, 7) is 6.42. The zero-order valence-corrected chi connectivity index (χ0v) is 8.62. The summed E-state index contributed by atoms with van der Waals surface area (Å²) in [6, 6.07) is 3.99. The molecule has 0 spiro atoms. The minimum atomic E-state index is -0.228. The quantitative estimate of drug-likeness (QED) is 0.771. The molecule has 0 radical (unpaired) electrons. The SMILES string of the molecule is CCC(N)(c1cccnc1)C(C)C. The largest absolute Gasteiger partial charge is 0.321 e. The van der Waals surface area contributed by atoms with E-state index in [1.165, 1.54) is 0 Å². The molecule has 0 amide bonds. The molecule has 1 atom stereocenters. The summed E-state index contributed by atoms with van der Waals surface area (Å²) in [4.78, 5) is 4.10. The van der Waals surface area contributed by atoms with E-state index in [0.717, 1.165) is 12.0 Å². The van der Waals surface area contributed by atoms with Crippen molar-refractivity contribution >= 4 is 0 Å². The van der Waals surface area contributed by atoms with E-state index in [9.17, 15) is 0 Å². The lowest BCUT2D eigenvalue weighted by molar-refractivity contribution is 0.305. The first-order valence-corrected chi connectivity index (χ1v) is 4.80. The molecule has 0 aliphatic rings. The highest BCUT2D eigenvalue weighted by molar-refractivity contribution is 5.20. The molecule has 0 saturated carbocycles. The molecule has 2 nitrogen and oxygen atoms in total. The summed E-state index contributed by atoms with van der Waals surface area (Å²) in [5.41, 5.74) is 7.23. The lowest BCUT2D eigenvalue weighted by atomic mass is 9.79. The van der Waals surface area contributed by atoms with Crippen LogP contribution in [0.3, 0.4) is 0 Å². The van der Waals surface area contributed by atoms with E-state index in [1.807, 2.05) is 12.3 Å². The third kappa shape index (κ3) is 1.89. The Labute approximate surface area is 80.2 Å². The molecule has 72 valence electrons. The van der Waals surface area contributed by atoms with Gasteiger partial charge in [0.05, 0.1) is 0 Å². The Morgan fingerprint density at radius 1 is 1.54 bits per heavy atom. The van der Waals surface area contributed by atoms with Crippen molar-refractivity contribution in [3.8, 4) is 0 Å². The van der Waals surface area contributed by atoms with Crippen molar-refractivity contribution in [2.24, 2.45) is 11.7 Å². The van der Waals surface area contributed by atoms with E-state index < -0.39 is 0 Å². The Kier molecular flexibility index (Phi) is 3.04. The highest BCUT2D eigenvalue weighted by Gasteiger charge is 2.28. The molecular weight excluding hydrogens is 160 g/mol. The monoisotopic (exact) mass is 178 g/mol. The Balaban J connectivity index is 3.03. The molecule has 1 rings (SSSR count). The Hall–Kier alpha value is -0.890. The fourth-order valence-electron chi connectivity index (χ4n) is 1.58. The van der Waals surface area contributed by atoms with Crippen molar-refractivity contribution in [2.75, 3.05) is 0 Å². The van der Waals surface area contributed by atoms with Gasteiger partial charge in [0.1, 0.15) is 0 Å². The number of nitrogens with two attached hydrogens (primary N) is 1. The summed E-state index contributed by atoms with van der Waals surface area (Å²) in [6.07, 6.45) is 4.58. The van der Waals surface area contributed by atoms with E-state index in [2.05, 4.69) is 31.8 Å². The Bertz CT molecular complexity index is 256. The molecule has 1 aromatic rings. The van der Waals surface area contributed by atoms with Crippen molar-refractivity contribution in [2.45, 2.75) is 32.7 Å². The van der Waals surface area contributed by atoms with Crippen LogP contribution in [0.1, 0.15) is 32.8 Å². The molecular formula is C11H18N2. The van der Waals surface area contributed by atoms with Gasteiger partial charge in [-0.15, -0.1) is 0 Å². The number of aromatic nitrogens is 1. The molecule has 0 aliphatic carbocycles. The van der Waals surface area contributed by atoms with Gasteiger partial charge in [0.15, 0.2) is 0 Å². The maximum Gasteiger partial charge on any atom is 0.0445 e. The molecule has 13 heavy (non-hydrogen) atoms. The summed E-state index contributed by atoms with van der Waals surface area (Å²) >= 11 is 0. The molecule has 1 unspecified atom stereocenters. The third-order valence-corrected chi connectivity index (χ3v) is 2.81. The van der Waals surface area contributed by atoms with Gasteiger partial charge in [-0.2, -0.15) is 0 Å². The summed E-state index contributed by atoms with van der Waals surface area (Å²) in [5, 5.41) is 0. The second-order valence-electron chi connectivity index (χ2n) is 3.79. The van der Waals surface area contributed by atoms with Crippen molar-refractivity contribution < 1.29 is 0 Å². The first-order chi connectivity index (χ1) is 6.11. The second-order valence-corrected chi connectivity index (χ2v) is 3.79. The second kappa shape index (κ2) is 3.88. The minimum absolute atomic E-state index is 0.228. The number of nitrogens with zero attached hydrogens (tertiary/aromatic N) is 1. The molecule has 0 bridgehead atoms. The molecule has 0 saturated heterocycles. The van der Waals surface area contributed by atoms with Crippen LogP contribution in [-0.2, 0) is 5.54 Å². The van der Waals surface area contributed by atoms with Crippen molar-refractivity contribution in [1.82, 2.24) is 4.98 Å². The van der Waals surface area contributed by atoms with Crippen molar-refractivity contribution in [3.63, 3.8) is 0 Å². The fraction of sp³-hybridized carbons (Fsp3) is 0.545. The van der Waals surface area contributed by atoms with Crippen LogP contribution in [0.2, 0.25) is 0 Å². The van der Waals surface area contributed by atoms with Crippen LogP contribution in [0.25, 0.3) is 0 Å². The molecule has 2 N–H and O–H groups in total. The molecule has 2 heteroatoms. The van der Waals surface area contributed by atoms with Crippen LogP contribution >= 0.6 is 0 Å². The van der Waals surface area contributed by atoms with Gasteiger partial charge in [-0.25, -0.2) is 0 Å². The van der Waals surface area contributed by atoms with Crippen LogP contribution in [0.15, 0.2) is 24.5 Å². The van der Waals surface area contributed by atoms with E-state index in [1.54, 1.807) is 6.20 Å². The first kappa shape index (κ1) is 10.2. The van der Waals surface area contributed by atoms with Crippen LogP contribution in [0, 0.1) is 5.92 Å². The molecule has 0 aromatic carbocycles. The van der Waals surface area contributed by atoms with E-state index in [0.29, 0.717) is 5.92 Å². The minimum Gasteiger partial charge on any atom is -0.321 e. The lowest BCUT2D eigenvalue weighted by Gasteiger charge is -2.32. The van der Waals surface area contributed by atoms with Crippen LogP contribution < -0.4 is 5.73 Å². The van der Waals surface area contributed by atoms with Gasteiger partial charge >= 0.3 is 0 Å². The number of hydrogen-bond donors (Lipinski definition) is 1. The smallest absolute Gasteiger partial charge is 0.0445 e. The standard InChI is InChI=1S/C11H18N2/c1-4-11(12,9(2)3)10-6-5-7-13-8-10/h5-9H,4,12H2,1-3H3. The zero-order valence-electron chi connectivity index (χ0n) is 8.62. The van der Waals surface area contributed by atoms with E-state index in [4.69, 9.17) is 5.73 Å². The van der Waals surface area contributed by atoms with E-state index in [-0.39, 0.29) is 5.54 Å². The molecule has 0 fully saturated rings. The molecule has 0 aliphatic heterocycles. The number of hydrogen-bond acceptors (Lipinski definition) is 2. The Morgan fingerprint density at radius 3 is 2.62 bits per heavy atom. The van der Waals surface area contributed by atoms with Crippen molar-refractivity contribution in [1.29, 1.82) is 0 Å². The fourth-order valence-corrected chi connectivity index (χ4v) is 1.58. The topological polar surface area (TPSA) is 38.9 Å². The van der Waals surface area contributed by atoms with Crippen LogP contribution in [0.5, 0.6) is 0 Å². The maximum absolute atomic E-state index is 6.32. The average molecular weight is 178 g/mol. The van der Waals surface area contributed by atoms with E-state index >= 15 is 0 Å². The maximum atomic E-state index is 6.32. The molecule has 1 heterocycles. The first-order valence-electron chi connectivity index (χ1n) is 4.80. The number of pyridine rings is 1. The predicted octanol–water partition coefficient (Wildman–Crippen LogP) is 2.30. The highest BCUT2D eigenvalue weighted by Crippen LogP contribution is 2.29. The summed E-state index contributed by atoms with van der Waals surface area (Å²) in [7, 11) is 0. The van der Waals surface area contributed by atoms with Gasteiger partial charge in [0.2, 0.25) is 0 Å². The van der Waals surface area contributed by atoms with Crippen LogP contribution in [0.4, 0.5) is 0 Å². The van der Waals surface area contributed by atoms with Gasteiger partial charge < -0.3 is 5.73 Å². The third-order valence-electron chi connectivity index (χ3n) is 2.81. The Morgan fingerprint density at radius 2 is 2.23 bits per heavy atom. The average Bonchev–Trinajstić information content (AvgIpc) is 2.17. The van der Waals surface area contributed by atoms with Gasteiger partial charge in [-0.05, 0) is 24.0 Å². The van der Waals surface area contributed by atoms with Gasteiger partial charge in [-0.3, -0.25) is 4.98 Å². The number of rotatable bonds is 3. The summed E-state index contributed by atoms with van der Waals surface area (Å²) in [5.74, 6) is 0.432. The molecule has 1 aromatic heterocycles. The highest BCUT2D eigenvalue weighted by atomic mass is 14.8. The predicted molar refractivity (Wildman–Crippen MR) is 55.2 cm³/mol. The van der Waals surface area contributed by atoms with Gasteiger partial charge in [-0.1, -0.05) is 26.8 Å². The summed E-state index contributed by atoms with van der Waals surface area (Å²) < 4.78 is 0. The normalized spacial score (nSPS) is 15.8. The van der Waals surface area contributed by atoms with Crippen molar-refractivity contribution in [3.05, 3.63) is 30.1 Å². The van der Waals surface area contributed by atoms with Crippen LogP contribution in [-0.4, -0.2) is 4.98 Å². The van der Waals surface area contributed by atoms with Gasteiger partial charge in [0, 0.05) is 17.9 Å². The lowest BCUT2D eigenvalue weighted by Crippen LogP contribution is -2.41. The van der Waals surface area contributed by atoms with Gasteiger partial charge in [0.25, 0.3) is 0 Å². The zero-order chi connectivity index (χ0) is 9.90.